The van der Waals surface area contributed by atoms with Crippen molar-refractivity contribution >= 4 is 33.8 Å². The highest BCUT2D eigenvalue weighted by Gasteiger charge is 2.16. The molecule has 1 aliphatic heterocycles. The fraction of sp³-hybridized carbons (Fsp3) is 0.500. The maximum atomic E-state index is 12.2. The zero-order valence-electron chi connectivity index (χ0n) is 13.9. The van der Waals surface area contributed by atoms with Crippen LogP contribution in [0.3, 0.4) is 0 Å². The summed E-state index contributed by atoms with van der Waals surface area (Å²) in [6.45, 7) is 6.40. The number of thiazole rings is 1. The SMILES string of the molecule is Cc1ccsc1CN(C)C(=O)NCc1csc(N2CCOCC2)n1. The topological polar surface area (TPSA) is 57.7 Å². The first-order chi connectivity index (χ1) is 11.6. The molecule has 2 aromatic heterocycles. The molecule has 2 amide bonds. The van der Waals surface area contributed by atoms with Crippen LogP contribution in [0.1, 0.15) is 16.1 Å². The second-order valence-corrected chi connectivity index (χ2v) is 7.60. The molecule has 3 rings (SSSR count). The van der Waals surface area contributed by atoms with E-state index in [1.807, 2.05) is 12.4 Å². The normalized spacial score (nSPS) is 14.7. The minimum Gasteiger partial charge on any atom is -0.378 e. The first-order valence-corrected chi connectivity index (χ1v) is 9.68. The zero-order valence-corrected chi connectivity index (χ0v) is 15.6. The molecule has 0 aliphatic carbocycles. The van der Waals surface area contributed by atoms with Gasteiger partial charge in [-0.3, -0.25) is 0 Å². The number of morpholine rings is 1. The largest absolute Gasteiger partial charge is 0.378 e. The molecule has 0 atom stereocenters. The van der Waals surface area contributed by atoms with Gasteiger partial charge in [0.1, 0.15) is 0 Å². The summed E-state index contributed by atoms with van der Waals surface area (Å²) in [5.41, 5.74) is 2.13. The van der Waals surface area contributed by atoms with E-state index in [9.17, 15) is 4.79 Å². The van der Waals surface area contributed by atoms with E-state index in [0.717, 1.165) is 37.1 Å². The van der Waals surface area contributed by atoms with Gasteiger partial charge >= 0.3 is 6.03 Å². The predicted molar refractivity (Wildman–Crippen MR) is 97.9 cm³/mol. The molecule has 1 N–H and O–H groups in total. The molecule has 130 valence electrons. The van der Waals surface area contributed by atoms with Crippen molar-refractivity contribution in [3.63, 3.8) is 0 Å². The number of hydrogen-bond acceptors (Lipinski definition) is 6. The smallest absolute Gasteiger partial charge is 0.317 e. The number of amides is 2. The molecule has 1 fully saturated rings. The lowest BCUT2D eigenvalue weighted by Crippen LogP contribution is -2.37. The minimum atomic E-state index is -0.0799. The molecule has 0 unspecified atom stereocenters. The highest BCUT2D eigenvalue weighted by atomic mass is 32.1. The monoisotopic (exact) mass is 366 g/mol. The fourth-order valence-corrected chi connectivity index (χ4v) is 4.27. The number of hydrogen-bond donors (Lipinski definition) is 1. The number of nitrogens with one attached hydrogen (secondary N) is 1. The maximum Gasteiger partial charge on any atom is 0.317 e. The standard InChI is InChI=1S/C16H22N4O2S2/c1-12-3-8-23-14(12)10-19(2)15(21)17-9-13-11-24-16(18-13)20-4-6-22-7-5-20/h3,8,11H,4-7,9-10H2,1-2H3,(H,17,21). The Morgan fingerprint density at radius 2 is 2.21 bits per heavy atom. The highest BCUT2D eigenvalue weighted by Crippen LogP contribution is 2.21. The number of urea groups is 1. The van der Waals surface area contributed by atoms with Gasteiger partial charge in [-0.1, -0.05) is 0 Å². The quantitative estimate of drug-likeness (QED) is 0.884. The molecule has 2 aromatic rings. The number of thiophene rings is 1. The molecule has 6 nitrogen and oxygen atoms in total. The highest BCUT2D eigenvalue weighted by molar-refractivity contribution is 7.13. The Kier molecular flexibility index (Phi) is 5.70. The van der Waals surface area contributed by atoms with Crippen LogP contribution in [0.5, 0.6) is 0 Å². The Bertz CT molecular complexity index is 679. The van der Waals surface area contributed by atoms with Crippen molar-refractivity contribution < 1.29 is 9.53 Å². The Labute approximate surface area is 150 Å². The summed E-state index contributed by atoms with van der Waals surface area (Å²) < 4.78 is 5.36. The second-order valence-electron chi connectivity index (χ2n) is 5.76. The molecule has 3 heterocycles. The third-order valence-corrected chi connectivity index (χ3v) is 5.90. The van der Waals surface area contributed by atoms with Crippen molar-refractivity contribution in [3.05, 3.63) is 33.0 Å². The summed E-state index contributed by atoms with van der Waals surface area (Å²) >= 11 is 3.30. The molecule has 0 radical (unpaired) electrons. The summed E-state index contributed by atoms with van der Waals surface area (Å²) in [5, 5.41) is 8.01. The van der Waals surface area contributed by atoms with Gasteiger partial charge in [0.2, 0.25) is 0 Å². The van der Waals surface area contributed by atoms with Gasteiger partial charge in [-0.15, -0.1) is 22.7 Å². The van der Waals surface area contributed by atoms with E-state index >= 15 is 0 Å². The van der Waals surface area contributed by atoms with Crippen molar-refractivity contribution in [1.29, 1.82) is 0 Å². The van der Waals surface area contributed by atoms with Gasteiger partial charge in [0.05, 0.1) is 32.0 Å². The minimum absolute atomic E-state index is 0.0799. The molecule has 8 heteroatoms. The predicted octanol–water partition coefficient (Wildman–Crippen LogP) is 2.69. The Morgan fingerprint density at radius 3 is 2.92 bits per heavy atom. The van der Waals surface area contributed by atoms with Crippen LogP contribution >= 0.6 is 22.7 Å². The van der Waals surface area contributed by atoms with Gasteiger partial charge in [0.25, 0.3) is 0 Å². The zero-order chi connectivity index (χ0) is 16.9. The number of aryl methyl sites for hydroxylation is 1. The number of aromatic nitrogens is 1. The first-order valence-electron chi connectivity index (χ1n) is 7.92. The van der Waals surface area contributed by atoms with E-state index in [1.54, 1.807) is 27.6 Å². The van der Waals surface area contributed by atoms with Crippen LogP contribution in [0, 0.1) is 6.92 Å². The number of nitrogens with zero attached hydrogens (tertiary/aromatic N) is 3. The summed E-state index contributed by atoms with van der Waals surface area (Å²) in [6, 6.07) is 2.00. The van der Waals surface area contributed by atoms with Crippen molar-refractivity contribution in [2.24, 2.45) is 0 Å². The van der Waals surface area contributed by atoms with Crippen LogP contribution in [0.25, 0.3) is 0 Å². The number of rotatable bonds is 5. The third-order valence-electron chi connectivity index (χ3n) is 3.94. The molecule has 0 spiro atoms. The Hall–Kier alpha value is -1.64. The van der Waals surface area contributed by atoms with Gasteiger partial charge in [-0.05, 0) is 23.9 Å². The molecule has 1 aliphatic rings. The van der Waals surface area contributed by atoms with Crippen LogP contribution < -0.4 is 10.2 Å². The van der Waals surface area contributed by atoms with Crippen molar-refractivity contribution in [2.45, 2.75) is 20.0 Å². The van der Waals surface area contributed by atoms with E-state index in [-0.39, 0.29) is 6.03 Å². The molecular formula is C16H22N4O2S2. The second kappa shape index (κ2) is 7.96. The molecular weight excluding hydrogens is 344 g/mol. The summed E-state index contributed by atoms with van der Waals surface area (Å²) in [6.07, 6.45) is 0. The molecule has 0 bridgehead atoms. The lowest BCUT2D eigenvalue weighted by Gasteiger charge is -2.26. The average molecular weight is 367 g/mol. The maximum absolute atomic E-state index is 12.2. The van der Waals surface area contributed by atoms with Gasteiger partial charge < -0.3 is 19.9 Å². The van der Waals surface area contributed by atoms with Crippen LogP contribution in [0.2, 0.25) is 0 Å². The van der Waals surface area contributed by atoms with Crippen molar-refractivity contribution in [2.75, 3.05) is 38.3 Å². The fourth-order valence-electron chi connectivity index (χ4n) is 2.43. The van der Waals surface area contributed by atoms with Gasteiger partial charge in [-0.25, -0.2) is 9.78 Å². The van der Waals surface area contributed by atoms with E-state index in [1.165, 1.54) is 10.4 Å². The molecule has 0 saturated carbocycles. The van der Waals surface area contributed by atoms with Crippen molar-refractivity contribution in [3.8, 4) is 0 Å². The molecule has 0 aromatic carbocycles. The lowest BCUT2D eigenvalue weighted by atomic mass is 10.3. The number of carbonyl (C=O) groups excluding carboxylic acids is 1. The van der Waals surface area contributed by atoms with Crippen LogP contribution in [0.15, 0.2) is 16.8 Å². The van der Waals surface area contributed by atoms with Crippen LogP contribution in [-0.2, 0) is 17.8 Å². The van der Waals surface area contributed by atoms with Gasteiger partial charge in [0.15, 0.2) is 5.13 Å². The Balaban J connectivity index is 1.49. The van der Waals surface area contributed by atoms with E-state index < -0.39 is 0 Å². The van der Waals surface area contributed by atoms with E-state index in [0.29, 0.717) is 13.1 Å². The van der Waals surface area contributed by atoms with Gasteiger partial charge in [0, 0.05) is 30.4 Å². The lowest BCUT2D eigenvalue weighted by molar-refractivity contribution is 0.122. The molecule has 24 heavy (non-hydrogen) atoms. The van der Waals surface area contributed by atoms with E-state index in [4.69, 9.17) is 4.74 Å². The Morgan fingerprint density at radius 1 is 1.42 bits per heavy atom. The van der Waals surface area contributed by atoms with E-state index in [2.05, 4.69) is 33.6 Å². The average Bonchev–Trinajstić information content (AvgIpc) is 3.23. The number of anilines is 1. The van der Waals surface area contributed by atoms with Crippen LogP contribution in [-0.4, -0.2) is 49.3 Å². The number of carbonyl (C=O) groups is 1. The third kappa shape index (κ3) is 4.25. The summed E-state index contributed by atoms with van der Waals surface area (Å²) in [7, 11) is 1.81. The molecule has 1 saturated heterocycles. The van der Waals surface area contributed by atoms with Crippen LogP contribution in [0.4, 0.5) is 9.93 Å². The summed E-state index contributed by atoms with van der Waals surface area (Å²) in [5.74, 6) is 0. The number of ether oxygens (including phenoxy) is 1. The van der Waals surface area contributed by atoms with Crippen molar-refractivity contribution in [1.82, 2.24) is 15.2 Å². The van der Waals surface area contributed by atoms with Gasteiger partial charge in [-0.2, -0.15) is 0 Å². The summed E-state index contributed by atoms with van der Waals surface area (Å²) in [4.78, 5) is 22.0. The first kappa shape index (κ1) is 17.2.